The molecule has 0 unspecified atom stereocenters. The van der Waals surface area contributed by atoms with Crippen LogP contribution in [0.2, 0.25) is 0 Å². The van der Waals surface area contributed by atoms with Crippen molar-refractivity contribution in [1.82, 2.24) is 0 Å². The Hall–Kier alpha value is -2.61. The molecule has 0 radical (unpaired) electrons. The lowest BCUT2D eigenvalue weighted by molar-refractivity contribution is 0.112. The summed E-state index contributed by atoms with van der Waals surface area (Å²) in [7, 11) is 0. The Morgan fingerprint density at radius 2 is 1.52 bits per heavy atom. The molecule has 0 aromatic heterocycles. The van der Waals surface area contributed by atoms with Gasteiger partial charge in [0.1, 0.15) is 18.6 Å². The van der Waals surface area contributed by atoms with Crippen molar-refractivity contribution < 1.29 is 9.53 Å². The van der Waals surface area contributed by atoms with Gasteiger partial charge in [0.15, 0.2) is 0 Å². The summed E-state index contributed by atoms with van der Waals surface area (Å²) < 4.78 is 5.66. The zero-order valence-corrected chi connectivity index (χ0v) is 13.9. The van der Waals surface area contributed by atoms with Gasteiger partial charge >= 0.3 is 0 Å². The van der Waals surface area contributed by atoms with Crippen molar-refractivity contribution in [3.8, 4) is 5.75 Å². The van der Waals surface area contributed by atoms with Crippen LogP contribution in [-0.4, -0.2) is 12.9 Å². The van der Waals surface area contributed by atoms with Crippen LogP contribution in [0.25, 0.3) is 11.6 Å². The van der Waals surface area contributed by atoms with Crippen LogP contribution < -0.4 is 4.74 Å². The lowest BCUT2D eigenvalue weighted by atomic mass is 10.0. The quantitative estimate of drug-likeness (QED) is 0.405. The van der Waals surface area contributed by atoms with E-state index < -0.39 is 0 Å². The highest BCUT2D eigenvalue weighted by Crippen LogP contribution is 2.20. The Morgan fingerprint density at radius 1 is 0.913 bits per heavy atom. The Bertz CT molecular complexity index is 701. The predicted octanol–water partition coefficient (Wildman–Crippen LogP) is 5.40. The van der Waals surface area contributed by atoms with Gasteiger partial charge in [-0.05, 0) is 55.7 Å². The number of hydrogen-bond acceptors (Lipinski definition) is 2. The average molecular weight is 306 g/mol. The first-order valence-corrected chi connectivity index (χ1v) is 7.68. The molecule has 0 aliphatic heterocycles. The molecule has 0 amide bonds. The maximum absolute atomic E-state index is 10.7. The fourth-order valence-electron chi connectivity index (χ4n) is 2.12. The molecule has 118 valence electrons. The highest BCUT2D eigenvalue weighted by atomic mass is 16.5. The van der Waals surface area contributed by atoms with E-state index in [1.54, 1.807) is 0 Å². The van der Waals surface area contributed by atoms with Crippen molar-refractivity contribution in [3.63, 3.8) is 0 Å². The molecule has 2 aromatic carbocycles. The van der Waals surface area contributed by atoms with Crippen molar-refractivity contribution in [2.45, 2.75) is 20.8 Å². The number of rotatable bonds is 6. The van der Waals surface area contributed by atoms with Gasteiger partial charge in [-0.25, -0.2) is 0 Å². The first kappa shape index (κ1) is 16.8. The van der Waals surface area contributed by atoms with Gasteiger partial charge in [-0.15, -0.1) is 0 Å². The van der Waals surface area contributed by atoms with E-state index in [1.807, 2.05) is 48.5 Å². The normalized spacial score (nSPS) is 11.0. The highest BCUT2D eigenvalue weighted by Gasteiger charge is 1.98. The molecule has 0 heterocycles. The molecule has 0 aliphatic carbocycles. The van der Waals surface area contributed by atoms with Crippen LogP contribution >= 0.6 is 0 Å². The van der Waals surface area contributed by atoms with Crippen molar-refractivity contribution in [3.05, 3.63) is 76.9 Å². The van der Waals surface area contributed by atoms with E-state index in [9.17, 15) is 4.79 Å². The Kier molecular flexibility index (Phi) is 5.93. The number of allylic oxidation sites excluding steroid dienone is 2. The second kappa shape index (κ2) is 8.14. The van der Waals surface area contributed by atoms with Crippen LogP contribution in [0.4, 0.5) is 0 Å². The van der Waals surface area contributed by atoms with E-state index in [1.165, 1.54) is 5.57 Å². The van der Waals surface area contributed by atoms with E-state index >= 15 is 0 Å². The summed E-state index contributed by atoms with van der Waals surface area (Å²) in [5.74, 6) is 0.868. The fraction of sp³-hybridized carbons (Fsp3) is 0.190. The third kappa shape index (κ3) is 5.26. The van der Waals surface area contributed by atoms with Crippen LogP contribution in [-0.2, 0) is 0 Å². The van der Waals surface area contributed by atoms with Crippen LogP contribution in [0.5, 0.6) is 5.75 Å². The highest BCUT2D eigenvalue weighted by molar-refractivity contribution is 5.82. The zero-order valence-electron chi connectivity index (χ0n) is 13.9. The molecule has 0 atom stereocenters. The van der Waals surface area contributed by atoms with Gasteiger partial charge in [0.05, 0.1) is 0 Å². The molecule has 0 saturated heterocycles. The molecule has 2 nitrogen and oxygen atoms in total. The monoisotopic (exact) mass is 306 g/mol. The molecule has 2 heteroatoms. The predicted molar refractivity (Wildman–Crippen MR) is 96.7 cm³/mol. The van der Waals surface area contributed by atoms with Gasteiger partial charge in [0, 0.05) is 5.56 Å². The first-order valence-electron chi connectivity index (χ1n) is 7.68. The maximum Gasteiger partial charge on any atom is 0.150 e. The standard InChI is InChI=1S/C21H22O2/c1-16(2)12-13-23-21-10-6-18(7-11-21)14-17(3)20-8-4-19(15-22)5-9-20/h4-12,14-15H,13H2,1-3H3/b17-14-. The van der Waals surface area contributed by atoms with E-state index in [0.717, 1.165) is 28.7 Å². The molecule has 0 aliphatic rings. The first-order chi connectivity index (χ1) is 11.1. The molecular weight excluding hydrogens is 284 g/mol. The minimum atomic E-state index is 0.597. The largest absolute Gasteiger partial charge is 0.490 e. The molecule has 0 saturated carbocycles. The number of benzene rings is 2. The summed E-state index contributed by atoms with van der Waals surface area (Å²) in [5.41, 5.74) is 5.33. The molecule has 0 N–H and O–H groups in total. The fourth-order valence-corrected chi connectivity index (χ4v) is 2.12. The summed E-state index contributed by atoms with van der Waals surface area (Å²) in [6.07, 6.45) is 5.04. The van der Waals surface area contributed by atoms with Crippen molar-refractivity contribution in [2.75, 3.05) is 6.61 Å². The number of aldehydes is 1. The Labute approximate surface area is 138 Å². The second-order valence-electron chi connectivity index (χ2n) is 5.73. The third-order valence-electron chi connectivity index (χ3n) is 3.51. The molecule has 0 fully saturated rings. The number of carbonyl (C=O) groups excluding carboxylic acids is 1. The van der Waals surface area contributed by atoms with Gasteiger partial charge in [-0.2, -0.15) is 0 Å². The summed E-state index contributed by atoms with van der Waals surface area (Å²) in [4.78, 5) is 10.7. The smallest absolute Gasteiger partial charge is 0.150 e. The molecule has 2 rings (SSSR count). The molecule has 2 aromatic rings. The minimum Gasteiger partial charge on any atom is -0.490 e. The van der Waals surface area contributed by atoms with Crippen molar-refractivity contribution in [1.29, 1.82) is 0 Å². The molecule has 23 heavy (non-hydrogen) atoms. The lowest BCUT2D eigenvalue weighted by Gasteiger charge is -2.05. The molecular formula is C21H22O2. The number of carbonyl (C=O) groups is 1. The summed E-state index contributed by atoms with van der Waals surface area (Å²) >= 11 is 0. The van der Waals surface area contributed by atoms with E-state index in [-0.39, 0.29) is 0 Å². The molecule has 0 spiro atoms. The third-order valence-corrected chi connectivity index (χ3v) is 3.51. The van der Waals surface area contributed by atoms with Crippen LogP contribution in [0.15, 0.2) is 60.2 Å². The number of hydrogen-bond donors (Lipinski definition) is 0. The summed E-state index contributed by atoms with van der Waals surface area (Å²) in [5, 5.41) is 0. The van der Waals surface area contributed by atoms with Gasteiger partial charge in [-0.1, -0.05) is 48.0 Å². The van der Waals surface area contributed by atoms with Crippen LogP contribution in [0.1, 0.15) is 42.3 Å². The van der Waals surface area contributed by atoms with E-state index in [0.29, 0.717) is 12.2 Å². The summed E-state index contributed by atoms with van der Waals surface area (Å²) in [6, 6.07) is 15.6. The van der Waals surface area contributed by atoms with Crippen LogP contribution in [0.3, 0.4) is 0 Å². The van der Waals surface area contributed by atoms with Gasteiger partial charge in [-0.3, -0.25) is 4.79 Å². The maximum atomic E-state index is 10.7. The van der Waals surface area contributed by atoms with Gasteiger partial charge in [0.2, 0.25) is 0 Å². The Balaban J connectivity index is 2.06. The molecule has 0 bridgehead atoms. The second-order valence-corrected chi connectivity index (χ2v) is 5.73. The number of ether oxygens (including phenoxy) is 1. The SMILES string of the molecule is CC(C)=CCOc1ccc(/C=C(/C)c2ccc(C=O)cc2)cc1. The minimum absolute atomic E-state index is 0.597. The van der Waals surface area contributed by atoms with Crippen molar-refractivity contribution >= 4 is 17.9 Å². The Morgan fingerprint density at radius 3 is 2.09 bits per heavy atom. The van der Waals surface area contributed by atoms with Gasteiger partial charge < -0.3 is 4.74 Å². The van der Waals surface area contributed by atoms with Gasteiger partial charge in [0.25, 0.3) is 0 Å². The topological polar surface area (TPSA) is 26.3 Å². The van der Waals surface area contributed by atoms with Crippen LogP contribution in [0, 0.1) is 0 Å². The van der Waals surface area contributed by atoms with E-state index in [4.69, 9.17) is 4.74 Å². The van der Waals surface area contributed by atoms with Crippen molar-refractivity contribution in [2.24, 2.45) is 0 Å². The average Bonchev–Trinajstić information content (AvgIpc) is 2.56. The lowest BCUT2D eigenvalue weighted by Crippen LogP contribution is -1.93. The zero-order chi connectivity index (χ0) is 16.7. The van der Waals surface area contributed by atoms with E-state index in [2.05, 4.69) is 32.9 Å². The summed E-state index contributed by atoms with van der Waals surface area (Å²) in [6.45, 7) is 6.78.